The van der Waals surface area contributed by atoms with Crippen LogP contribution in [0.4, 0.5) is 0 Å². The van der Waals surface area contributed by atoms with Crippen LogP contribution in [0.1, 0.15) is 252 Å². The number of rotatable bonds is 54. The summed E-state index contributed by atoms with van der Waals surface area (Å²) in [4.78, 5) is 48.5. The standard InChI is InChI=1S/C62H107O11P/c1-4-7-10-13-16-19-22-25-27-28-29-30-32-35-38-41-44-47-50-53-62(66)73-59(55-69-60(64)51-48-45-42-39-36-33-24-21-18-15-12-9-6-3)57-71-74(67,68)70-56-58(54-63)72-61(65)52-49-46-43-40-37-34-31-26-23-20-17-14-11-8-5-2/h8-9,11-12,17-18,20-21,25-27,31,33,36,58-59,63H,4-7,10,13-16,19,22-24,28-30,32,34-35,37-57H2,1-3H3,(H,67,68)/b11-8-,12-9-,20-17-,21-18-,27-25-,31-26-,36-33-. The van der Waals surface area contributed by atoms with Crippen LogP contribution >= 0.6 is 7.82 Å². The van der Waals surface area contributed by atoms with Crippen molar-refractivity contribution in [3.05, 3.63) is 85.1 Å². The molecule has 0 radical (unpaired) electrons. The highest BCUT2D eigenvalue weighted by molar-refractivity contribution is 7.47. The van der Waals surface area contributed by atoms with Crippen LogP contribution in [-0.4, -0.2) is 66.5 Å². The Hall–Kier alpha value is -3.34. The van der Waals surface area contributed by atoms with E-state index in [2.05, 4.69) is 106 Å². The van der Waals surface area contributed by atoms with Crippen molar-refractivity contribution >= 4 is 25.7 Å². The molecular weight excluding hydrogens is 952 g/mol. The number of ether oxygens (including phenoxy) is 3. The van der Waals surface area contributed by atoms with Crippen LogP contribution < -0.4 is 0 Å². The van der Waals surface area contributed by atoms with Crippen molar-refractivity contribution in [3.63, 3.8) is 0 Å². The van der Waals surface area contributed by atoms with Crippen LogP contribution in [0.15, 0.2) is 85.1 Å². The Labute approximate surface area is 451 Å². The molecule has 0 aliphatic carbocycles. The molecule has 11 nitrogen and oxygen atoms in total. The number of unbranched alkanes of at least 4 members (excludes halogenated alkanes) is 23. The Bertz CT molecular complexity index is 1560. The van der Waals surface area contributed by atoms with E-state index in [0.29, 0.717) is 19.3 Å². The molecule has 426 valence electrons. The van der Waals surface area contributed by atoms with Crippen molar-refractivity contribution in [1.29, 1.82) is 0 Å². The van der Waals surface area contributed by atoms with Crippen molar-refractivity contribution < 1.29 is 52.2 Å². The number of hydrogen-bond donors (Lipinski definition) is 2. The molecule has 12 heteroatoms. The summed E-state index contributed by atoms with van der Waals surface area (Å²) in [7, 11) is -4.76. The molecule has 0 aromatic carbocycles. The number of carbonyl (C=O) groups excluding carboxylic acids is 3. The Morgan fingerprint density at radius 2 is 0.703 bits per heavy atom. The average molecular weight is 1060 g/mol. The maximum atomic E-state index is 12.9. The topological polar surface area (TPSA) is 155 Å². The lowest BCUT2D eigenvalue weighted by Gasteiger charge is -2.21. The van der Waals surface area contributed by atoms with Crippen LogP contribution in [-0.2, 0) is 42.2 Å². The molecule has 3 unspecified atom stereocenters. The Balaban J connectivity index is 4.74. The molecule has 0 aromatic rings. The van der Waals surface area contributed by atoms with Crippen molar-refractivity contribution in [1.82, 2.24) is 0 Å². The van der Waals surface area contributed by atoms with Crippen molar-refractivity contribution in [2.24, 2.45) is 0 Å². The minimum absolute atomic E-state index is 0.153. The molecule has 2 N–H and O–H groups in total. The first-order valence-corrected chi connectivity index (χ1v) is 31.0. The summed E-state index contributed by atoms with van der Waals surface area (Å²) in [6.45, 7) is 4.37. The van der Waals surface area contributed by atoms with Crippen LogP contribution in [0.5, 0.6) is 0 Å². The highest BCUT2D eigenvalue weighted by Crippen LogP contribution is 2.43. The third kappa shape index (κ3) is 53.5. The van der Waals surface area contributed by atoms with Gasteiger partial charge in [0.1, 0.15) is 12.7 Å². The average Bonchev–Trinajstić information content (AvgIpc) is 3.39. The van der Waals surface area contributed by atoms with Gasteiger partial charge in [-0.3, -0.25) is 23.4 Å². The van der Waals surface area contributed by atoms with E-state index in [9.17, 15) is 28.9 Å². The van der Waals surface area contributed by atoms with Crippen molar-refractivity contribution in [3.8, 4) is 0 Å². The lowest BCUT2D eigenvalue weighted by Crippen LogP contribution is -2.30. The summed E-state index contributed by atoms with van der Waals surface area (Å²) in [6.07, 6.45) is 64.0. The monoisotopic (exact) mass is 1060 g/mol. The van der Waals surface area contributed by atoms with Gasteiger partial charge in [-0.1, -0.05) is 209 Å². The largest absolute Gasteiger partial charge is 0.472 e. The first-order valence-electron chi connectivity index (χ1n) is 29.5. The van der Waals surface area contributed by atoms with Crippen LogP contribution in [0, 0.1) is 0 Å². The number of phosphoric ester groups is 1. The van der Waals surface area contributed by atoms with Gasteiger partial charge in [-0.25, -0.2) is 4.57 Å². The smallest absolute Gasteiger partial charge is 0.462 e. The summed E-state index contributed by atoms with van der Waals surface area (Å²) in [5, 5.41) is 9.82. The molecule has 0 spiro atoms. The van der Waals surface area contributed by atoms with E-state index in [0.717, 1.165) is 109 Å². The molecule has 0 aliphatic rings. The quantitative estimate of drug-likeness (QED) is 0.0197. The fourth-order valence-electron chi connectivity index (χ4n) is 7.85. The molecule has 0 aliphatic heterocycles. The summed E-state index contributed by atoms with van der Waals surface area (Å²) >= 11 is 0. The molecule has 0 fully saturated rings. The van der Waals surface area contributed by atoms with Crippen LogP contribution in [0.3, 0.4) is 0 Å². The maximum Gasteiger partial charge on any atom is 0.472 e. The van der Waals surface area contributed by atoms with E-state index in [1.807, 2.05) is 0 Å². The van der Waals surface area contributed by atoms with Gasteiger partial charge in [0.2, 0.25) is 0 Å². The fraction of sp³-hybridized carbons (Fsp3) is 0.726. The van der Waals surface area contributed by atoms with E-state index in [1.165, 1.54) is 83.5 Å². The Morgan fingerprint density at radius 3 is 1.11 bits per heavy atom. The van der Waals surface area contributed by atoms with Gasteiger partial charge in [-0.2, -0.15) is 0 Å². The first-order chi connectivity index (χ1) is 36.2. The molecule has 0 saturated heterocycles. The zero-order chi connectivity index (χ0) is 54.1. The number of phosphoric acid groups is 1. The Morgan fingerprint density at radius 1 is 0.392 bits per heavy atom. The van der Waals surface area contributed by atoms with E-state index in [-0.39, 0.29) is 25.9 Å². The van der Waals surface area contributed by atoms with Gasteiger partial charge in [0.05, 0.1) is 19.8 Å². The number of aliphatic hydroxyl groups excluding tert-OH is 1. The van der Waals surface area contributed by atoms with Crippen LogP contribution in [0.25, 0.3) is 0 Å². The van der Waals surface area contributed by atoms with Crippen molar-refractivity contribution in [2.45, 2.75) is 264 Å². The third-order valence-electron chi connectivity index (χ3n) is 12.3. The van der Waals surface area contributed by atoms with E-state index in [4.69, 9.17) is 23.3 Å². The van der Waals surface area contributed by atoms with E-state index in [1.54, 1.807) is 0 Å². The second kappa shape index (κ2) is 55.9. The zero-order valence-corrected chi connectivity index (χ0v) is 47.9. The molecule has 0 heterocycles. The van der Waals surface area contributed by atoms with Crippen LogP contribution in [0.2, 0.25) is 0 Å². The normalized spacial score (nSPS) is 14.0. The van der Waals surface area contributed by atoms with E-state index >= 15 is 0 Å². The summed E-state index contributed by atoms with van der Waals surface area (Å²) < 4.78 is 39.5. The molecule has 0 rings (SSSR count). The second-order valence-electron chi connectivity index (χ2n) is 19.4. The van der Waals surface area contributed by atoms with Gasteiger partial charge in [0.25, 0.3) is 0 Å². The highest BCUT2D eigenvalue weighted by Gasteiger charge is 2.28. The SMILES string of the molecule is CC/C=C\C/C=C\C/C=C\CCCCCCCC(=O)OC(CO)COP(=O)(O)OCC(COC(=O)CCCCC/C=C\C/C=C\C/C=C\CC)OC(=O)CCCCCCCCCCC/C=C\CCCCCCCC. The summed E-state index contributed by atoms with van der Waals surface area (Å²) in [6, 6.07) is 0. The minimum Gasteiger partial charge on any atom is -0.462 e. The number of carbonyl (C=O) groups is 3. The second-order valence-corrected chi connectivity index (χ2v) is 20.8. The third-order valence-corrected chi connectivity index (χ3v) is 13.2. The number of aliphatic hydroxyl groups is 1. The predicted molar refractivity (Wildman–Crippen MR) is 307 cm³/mol. The van der Waals surface area contributed by atoms with Gasteiger partial charge < -0.3 is 24.2 Å². The van der Waals surface area contributed by atoms with Gasteiger partial charge in [0.15, 0.2) is 6.10 Å². The highest BCUT2D eigenvalue weighted by atomic mass is 31.2. The summed E-state index contributed by atoms with van der Waals surface area (Å²) in [5.41, 5.74) is 0. The van der Waals surface area contributed by atoms with Gasteiger partial charge in [0, 0.05) is 19.3 Å². The number of esters is 3. The molecule has 0 saturated carbocycles. The molecule has 0 amide bonds. The lowest BCUT2D eigenvalue weighted by molar-refractivity contribution is -0.161. The van der Waals surface area contributed by atoms with Gasteiger partial charge in [-0.15, -0.1) is 0 Å². The van der Waals surface area contributed by atoms with Gasteiger partial charge >= 0.3 is 25.7 Å². The molecule has 74 heavy (non-hydrogen) atoms. The molecule has 3 atom stereocenters. The number of hydrogen-bond acceptors (Lipinski definition) is 10. The lowest BCUT2D eigenvalue weighted by atomic mass is 10.1. The first kappa shape index (κ1) is 70.7. The van der Waals surface area contributed by atoms with E-state index < -0.39 is 57.8 Å². The zero-order valence-electron chi connectivity index (χ0n) is 47.0. The minimum atomic E-state index is -4.76. The fourth-order valence-corrected chi connectivity index (χ4v) is 8.63. The predicted octanol–water partition coefficient (Wildman–Crippen LogP) is 17.5. The maximum absolute atomic E-state index is 12.9. The number of allylic oxidation sites excluding steroid dienone is 14. The van der Waals surface area contributed by atoms with Gasteiger partial charge in [-0.05, 0) is 109 Å². The molecule has 0 bridgehead atoms. The molecule has 0 aromatic heterocycles. The molecular formula is C62H107O11P. The van der Waals surface area contributed by atoms with Crippen molar-refractivity contribution in [2.75, 3.05) is 26.4 Å². The Kier molecular flexibility index (Phi) is 53.4. The summed E-state index contributed by atoms with van der Waals surface area (Å²) in [5.74, 6) is -1.52.